The first-order valence-corrected chi connectivity index (χ1v) is 2.35. The van der Waals surface area contributed by atoms with Crippen molar-refractivity contribution in [2.75, 3.05) is 0 Å². The van der Waals surface area contributed by atoms with Gasteiger partial charge in [-0.1, -0.05) is 0 Å². The predicted molar refractivity (Wildman–Crippen MR) is 14.3 cm³/mol. The predicted octanol–water partition coefficient (Wildman–Crippen LogP) is -0.929. The summed E-state index contributed by atoms with van der Waals surface area (Å²) >= 11 is 0. The van der Waals surface area contributed by atoms with Crippen molar-refractivity contribution < 1.29 is 19.2 Å². The van der Waals surface area contributed by atoms with E-state index in [9.17, 15) is 0 Å². The van der Waals surface area contributed by atoms with E-state index in [2.05, 4.69) is 0 Å². The lowest BCUT2D eigenvalue weighted by atomic mass is 15.8. The summed E-state index contributed by atoms with van der Waals surface area (Å²) in [6.07, 6.45) is 0. The summed E-state index contributed by atoms with van der Waals surface area (Å²) < 4.78 is 8.88. The number of hydrogen-bond acceptors (Lipinski definition) is 1. The van der Waals surface area contributed by atoms with Gasteiger partial charge in [-0.25, -0.2) is 4.57 Å². The SMILES string of the molecule is [16O]=P([16OH])([16OH])[16OH]. The van der Waals surface area contributed by atoms with Crippen molar-refractivity contribution in [2.24, 2.45) is 0 Å². The zero-order valence-electron chi connectivity index (χ0n) is 2.20. The van der Waals surface area contributed by atoms with Crippen molar-refractivity contribution in [3.63, 3.8) is 0 Å². The van der Waals surface area contributed by atoms with Gasteiger partial charge in [-0.3, -0.25) is 0 Å². The third-order valence-corrected chi connectivity index (χ3v) is 0. The molecular weight excluding hydrogens is 95.0 g/mol. The molecule has 0 radical (unpaired) electrons. The highest BCUT2D eigenvalue weighted by molar-refractivity contribution is 7.45. The molecule has 3 N–H and O–H groups in total. The molecule has 0 fully saturated rings. The minimum Gasteiger partial charge on any atom is -0.303 e. The van der Waals surface area contributed by atoms with Gasteiger partial charge in [0.2, 0.25) is 0 Å². The van der Waals surface area contributed by atoms with Crippen molar-refractivity contribution >= 4 is 7.82 Å². The van der Waals surface area contributed by atoms with Gasteiger partial charge in [-0.15, -0.1) is 0 Å². The second-order valence-electron chi connectivity index (χ2n) is 0.513. The molecule has 0 atom stereocenters. The first-order valence-electron chi connectivity index (χ1n) is 0.783. The maximum absolute atomic E-state index is 8.88. The van der Waals surface area contributed by atoms with Gasteiger partial charge in [0.05, 0.1) is 0 Å². The Balaban J connectivity index is 3.47. The lowest BCUT2D eigenvalue weighted by Gasteiger charge is -1.82. The van der Waals surface area contributed by atoms with Crippen LogP contribution in [0.3, 0.4) is 0 Å². The minimum absolute atomic E-state index is 4.64. The van der Waals surface area contributed by atoms with Crippen molar-refractivity contribution in [1.29, 1.82) is 0 Å². The van der Waals surface area contributed by atoms with Gasteiger partial charge in [0, 0.05) is 0 Å². The second-order valence-corrected chi connectivity index (χ2v) is 1.54. The average Bonchev–Trinajstić information content (AvgIpc) is 0.722. The quantitative estimate of drug-likeness (QED) is 0.342. The molecule has 0 aromatic rings. The average molecular weight is 98.0 g/mol. The van der Waals surface area contributed by atoms with E-state index in [4.69, 9.17) is 19.2 Å². The molecule has 0 heterocycles. The molecule has 5 heavy (non-hydrogen) atoms. The summed E-state index contributed by atoms with van der Waals surface area (Å²) in [6.45, 7) is 0. The van der Waals surface area contributed by atoms with Gasteiger partial charge in [0.15, 0.2) is 0 Å². The number of rotatable bonds is 0. The van der Waals surface area contributed by atoms with Crippen LogP contribution >= 0.6 is 7.82 Å². The maximum atomic E-state index is 8.88. The van der Waals surface area contributed by atoms with E-state index in [0.29, 0.717) is 0 Å². The van der Waals surface area contributed by atoms with Crippen LogP contribution in [0, 0.1) is 0 Å². The van der Waals surface area contributed by atoms with E-state index in [1.165, 1.54) is 0 Å². The standard InChI is InChI=1S/H3O4P/c1-5(2,3)4/h(H3,1,2,3,4)/i1+0,2+0,3+0,4+0. The Hall–Kier alpha value is 0.110. The zero-order valence-corrected chi connectivity index (χ0v) is 3.09. The fourth-order valence-electron chi connectivity index (χ4n) is 0. The van der Waals surface area contributed by atoms with Crippen LogP contribution in [0.1, 0.15) is 0 Å². The van der Waals surface area contributed by atoms with Gasteiger partial charge in [0.25, 0.3) is 0 Å². The van der Waals surface area contributed by atoms with Crippen LogP contribution in [-0.2, 0) is 4.57 Å². The van der Waals surface area contributed by atoms with Crippen LogP contribution in [0.15, 0.2) is 0 Å². The molecule has 0 amide bonds. The van der Waals surface area contributed by atoms with Gasteiger partial charge in [-0.05, 0) is 0 Å². The molecule has 5 heteroatoms. The molecule has 0 aliphatic carbocycles. The first kappa shape index (κ1) is 5.11. The molecule has 0 bridgehead atoms. The van der Waals surface area contributed by atoms with Crippen LogP contribution in [0.5, 0.6) is 0 Å². The Bertz CT molecular complexity index is 49.8. The molecule has 32 valence electrons. The second kappa shape index (κ2) is 1.06. The fourth-order valence-corrected chi connectivity index (χ4v) is 0. The lowest BCUT2D eigenvalue weighted by molar-refractivity contribution is 0.275. The third-order valence-electron chi connectivity index (χ3n) is 0. The molecule has 0 rings (SSSR count). The zero-order chi connectivity index (χ0) is 4.50. The number of hydrogen-bond donors (Lipinski definition) is 3. The summed E-state index contributed by atoms with van der Waals surface area (Å²) in [4.78, 5) is 21.6. The van der Waals surface area contributed by atoms with E-state index >= 15 is 0 Å². The molecule has 4 nitrogen and oxygen atoms in total. The number of phosphoric acid groups is 1. The van der Waals surface area contributed by atoms with Gasteiger partial charge < -0.3 is 14.7 Å². The lowest BCUT2D eigenvalue weighted by Crippen LogP contribution is -1.66. The van der Waals surface area contributed by atoms with Crippen molar-refractivity contribution in [1.82, 2.24) is 0 Å². The van der Waals surface area contributed by atoms with Crippen LogP contribution < -0.4 is 0 Å². The van der Waals surface area contributed by atoms with Crippen LogP contribution in [0.25, 0.3) is 0 Å². The minimum atomic E-state index is -4.64. The van der Waals surface area contributed by atoms with Crippen LogP contribution in [-0.4, -0.2) is 14.7 Å². The molecule has 0 aromatic carbocycles. The molecule has 0 spiro atoms. The third kappa shape index (κ3) is 1510. The summed E-state index contributed by atoms with van der Waals surface area (Å²) in [7, 11) is -4.64. The highest BCUT2D eigenvalue weighted by atomic mass is 31.2. The van der Waals surface area contributed by atoms with Gasteiger partial charge in [0.1, 0.15) is 0 Å². The van der Waals surface area contributed by atoms with Crippen LogP contribution in [0.4, 0.5) is 0 Å². The van der Waals surface area contributed by atoms with E-state index in [-0.39, 0.29) is 0 Å². The normalized spacial score (nSPS) is 11.8. The van der Waals surface area contributed by atoms with Crippen molar-refractivity contribution in [2.45, 2.75) is 0 Å². The summed E-state index contributed by atoms with van der Waals surface area (Å²) in [6, 6.07) is 0. The van der Waals surface area contributed by atoms with Crippen molar-refractivity contribution in [3.05, 3.63) is 0 Å². The summed E-state index contributed by atoms with van der Waals surface area (Å²) in [5, 5.41) is 0. The molecule has 0 saturated carbocycles. The summed E-state index contributed by atoms with van der Waals surface area (Å²) in [5.74, 6) is 0. The van der Waals surface area contributed by atoms with Crippen molar-refractivity contribution in [3.8, 4) is 0 Å². The topological polar surface area (TPSA) is 77.8 Å². The monoisotopic (exact) mass is 98.0 g/mol. The highest BCUT2D eigenvalue weighted by Gasteiger charge is 2.00. The molecule has 0 unspecified atom stereocenters. The van der Waals surface area contributed by atoms with Gasteiger partial charge >= 0.3 is 7.82 Å². The molecule has 0 saturated heterocycles. The first-order chi connectivity index (χ1) is 2.00. The molecule has 0 aromatic heterocycles. The smallest absolute Gasteiger partial charge is 0.303 e. The highest BCUT2D eigenvalue weighted by Crippen LogP contribution is 2.25. The van der Waals surface area contributed by atoms with E-state index in [0.717, 1.165) is 0 Å². The Morgan fingerprint density at radius 3 is 1.20 bits per heavy atom. The van der Waals surface area contributed by atoms with E-state index < -0.39 is 7.82 Å². The Kier molecular flexibility index (Phi) is 1.09. The van der Waals surface area contributed by atoms with Gasteiger partial charge in [-0.2, -0.15) is 0 Å². The molecule has 0 aliphatic rings. The van der Waals surface area contributed by atoms with Crippen LogP contribution in [0.2, 0.25) is 0 Å². The molecular formula is H3O4P. The summed E-state index contributed by atoms with van der Waals surface area (Å²) in [5.41, 5.74) is 0. The maximum Gasteiger partial charge on any atom is 0.466 e. The van der Waals surface area contributed by atoms with E-state index in [1.54, 1.807) is 0 Å². The Labute approximate surface area is 28.3 Å². The molecule has 0 aliphatic heterocycles. The van der Waals surface area contributed by atoms with E-state index in [1.807, 2.05) is 0 Å². The Morgan fingerprint density at radius 2 is 1.20 bits per heavy atom. The largest absolute Gasteiger partial charge is 0.466 e. The fraction of sp³-hybridized carbons (Fsp3) is 0. The Morgan fingerprint density at radius 1 is 1.20 bits per heavy atom.